The van der Waals surface area contributed by atoms with Crippen molar-refractivity contribution in [3.05, 3.63) is 0 Å². The highest BCUT2D eigenvalue weighted by Crippen LogP contribution is 2.14. The molecule has 1 aliphatic heterocycles. The topological polar surface area (TPSA) is 50.4 Å². The first-order chi connectivity index (χ1) is 6.97. The average molecular weight is 226 g/mol. The Labute approximate surface area is 85.2 Å². The molecule has 4 nitrogen and oxygen atoms in total. The number of hydrogen-bond acceptors (Lipinski definition) is 3. The van der Waals surface area contributed by atoms with Gasteiger partial charge in [0.1, 0.15) is 6.61 Å². The minimum absolute atomic E-state index is 0.0351. The summed E-state index contributed by atoms with van der Waals surface area (Å²) in [5.41, 5.74) is 0. The Morgan fingerprint density at radius 2 is 2.13 bits per heavy atom. The second-order valence-corrected chi connectivity index (χ2v) is 3.34. The summed E-state index contributed by atoms with van der Waals surface area (Å²) in [6.45, 7) is -0.0684. The Morgan fingerprint density at radius 3 is 2.60 bits per heavy atom. The van der Waals surface area contributed by atoms with E-state index in [1.807, 2.05) is 0 Å². The number of alkyl halides is 3. The summed E-state index contributed by atoms with van der Waals surface area (Å²) in [4.78, 5) is 11.1. The zero-order chi connectivity index (χ0) is 11.3. The largest absolute Gasteiger partial charge is 0.411 e. The van der Waals surface area contributed by atoms with Gasteiger partial charge in [-0.05, 0) is 0 Å². The third kappa shape index (κ3) is 5.58. The molecule has 0 saturated carbocycles. The molecule has 2 N–H and O–H groups in total. The van der Waals surface area contributed by atoms with E-state index < -0.39 is 12.8 Å². The van der Waals surface area contributed by atoms with Gasteiger partial charge in [0.05, 0.1) is 12.6 Å². The van der Waals surface area contributed by atoms with Crippen LogP contribution >= 0.6 is 0 Å². The van der Waals surface area contributed by atoms with Gasteiger partial charge in [0.2, 0.25) is 5.91 Å². The average Bonchev–Trinajstić information content (AvgIpc) is 2.04. The molecule has 0 bridgehead atoms. The van der Waals surface area contributed by atoms with Crippen LogP contribution in [0, 0.1) is 0 Å². The van der Waals surface area contributed by atoms with Gasteiger partial charge in [-0.3, -0.25) is 4.79 Å². The third-order valence-electron chi connectivity index (χ3n) is 1.89. The van der Waals surface area contributed by atoms with Crippen molar-refractivity contribution in [2.45, 2.75) is 18.6 Å². The van der Waals surface area contributed by atoms with Gasteiger partial charge < -0.3 is 15.4 Å². The van der Waals surface area contributed by atoms with Crippen molar-refractivity contribution in [1.29, 1.82) is 0 Å². The summed E-state index contributed by atoms with van der Waals surface area (Å²) in [5, 5.41) is 5.61. The second kappa shape index (κ2) is 5.32. The van der Waals surface area contributed by atoms with Crippen LogP contribution in [0.4, 0.5) is 13.2 Å². The van der Waals surface area contributed by atoms with Crippen molar-refractivity contribution in [3.63, 3.8) is 0 Å². The lowest BCUT2D eigenvalue weighted by Gasteiger charge is -2.27. The van der Waals surface area contributed by atoms with Crippen LogP contribution in [0.25, 0.3) is 0 Å². The van der Waals surface area contributed by atoms with E-state index in [4.69, 9.17) is 0 Å². The first kappa shape index (κ1) is 12.3. The van der Waals surface area contributed by atoms with Gasteiger partial charge in [-0.2, -0.15) is 13.2 Å². The van der Waals surface area contributed by atoms with Gasteiger partial charge >= 0.3 is 6.18 Å². The lowest BCUT2D eigenvalue weighted by atomic mass is 10.2. The van der Waals surface area contributed by atoms with Crippen molar-refractivity contribution in [2.24, 2.45) is 0 Å². The molecule has 0 aromatic heterocycles. The maximum atomic E-state index is 11.6. The van der Waals surface area contributed by atoms with Crippen LogP contribution in [-0.2, 0) is 9.53 Å². The Balaban J connectivity index is 1.97. The Bertz CT molecular complexity index is 216. The maximum absolute atomic E-state index is 11.6. The fourth-order valence-electron chi connectivity index (χ4n) is 1.04. The van der Waals surface area contributed by atoms with E-state index in [-0.39, 0.29) is 25.0 Å². The Kier molecular flexibility index (Phi) is 4.34. The van der Waals surface area contributed by atoms with E-state index >= 15 is 0 Å². The van der Waals surface area contributed by atoms with Gasteiger partial charge in [0.25, 0.3) is 0 Å². The smallest absolute Gasteiger partial charge is 0.372 e. The first-order valence-electron chi connectivity index (χ1n) is 4.62. The number of nitrogens with one attached hydrogen (secondary N) is 2. The van der Waals surface area contributed by atoms with Crippen molar-refractivity contribution >= 4 is 5.91 Å². The number of amides is 1. The third-order valence-corrected chi connectivity index (χ3v) is 1.89. The predicted octanol–water partition coefficient (Wildman–Crippen LogP) is 0.0434. The second-order valence-electron chi connectivity index (χ2n) is 3.34. The molecule has 7 heteroatoms. The summed E-state index contributed by atoms with van der Waals surface area (Å²) < 4.78 is 39.2. The summed E-state index contributed by atoms with van der Waals surface area (Å²) in [6.07, 6.45) is -4.36. The summed E-state index contributed by atoms with van der Waals surface area (Å²) >= 11 is 0. The van der Waals surface area contributed by atoms with E-state index in [0.29, 0.717) is 0 Å². The Hall–Kier alpha value is -0.820. The van der Waals surface area contributed by atoms with Crippen LogP contribution in [0.1, 0.15) is 6.42 Å². The lowest BCUT2D eigenvalue weighted by Crippen LogP contribution is -2.57. The normalized spacial score (nSPS) is 17.3. The number of carbonyl (C=O) groups excluding carboxylic acids is 1. The monoisotopic (exact) mass is 226 g/mol. The molecule has 0 unspecified atom stereocenters. The Morgan fingerprint density at radius 1 is 1.47 bits per heavy atom. The highest BCUT2D eigenvalue weighted by molar-refractivity contribution is 5.76. The molecule has 1 fully saturated rings. The zero-order valence-corrected chi connectivity index (χ0v) is 8.06. The molecule has 0 spiro atoms. The van der Waals surface area contributed by atoms with Crippen LogP contribution in [0.15, 0.2) is 0 Å². The predicted molar refractivity (Wildman–Crippen MR) is 46.3 cm³/mol. The standard InChI is InChI=1S/C8H13F3N2O2/c9-8(10,11)5-15-2-1-7(14)13-6-3-12-4-6/h6,12H,1-5H2,(H,13,14). The van der Waals surface area contributed by atoms with Crippen LogP contribution in [0.3, 0.4) is 0 Å². The maximum Gasteiger partial charge on any atom is 0.411 e. The molecule has 1 rings (SSSR count). The fourth-order valence-corrected chi connectivity index (χ4v) is 1.04. The highest BCUT2D eigenvalue weighted by atomic mass is 19.4. The molecule has 0 aromatic rings. The number of halogens is 3. The van der Waals surface area contributed by atoms with Crippen LogP contribution in [0.5, 0.6) is 0 Å². The quantitative estimate of drug-likeness (QED) is 0.651. The minimum Gasteiger partial charge on any atom is -0.372 e. The number of carbonyl (C=O) groups is 1. The molecule has 1 saturated heterocycles. The fraction of sp³-hybridized carbons (Fsp3) is 0.875. The number of rotatable bonds is 5. The molecular weight excluding hydrogens is 213 g/mol. The van der Waals surface area contributed by atoms with Crippen LogP contribution < -0.4 is 10.6 Å². The van der Waals surface area contributed by atoms with Crippen molar-refractivity contribution in [1.82, 2.24) is 10.6 Å². The van der Waals surface area contributed by atoms with E-state index in [1.54, 1.807) is 0 Å². The lowest BCUT2D eigenvalue weighted by molar-refractivity contribution is -0.174. The summed E-state index contributed by atoms with van der Waals surface area (Å²) in [7, 11) is 0. The molecule has 1 amide bonds. The number of hydrogen-bond donors (Lipinski definition) is 2. The minimum atomic E-state index is -4.33. The molecule has 0 aliphatic carbocycles. The van der Waals surface area contributed by atoms with Gasteiger partial charge in [-0.25, -0.2) is 0 Å². The van der Waals surface area contributed by atoms with E-state index in [0.717, 1.165) is 13.1 Å². The van der Waals surface area contributed by atoms with Crippen LogP contribution in [-0.4, -0.2) is 44.4 Å². The molecule has 15 heavy (non-hydrogen) atoms. The summed E-state index contributed by atoms with van der Waals surface area (Å²) in [6, 6.07) is 0.111. The van der Waals surface area contributed by atoms with Gasteiger partial charge in [-0.1, -0.05) is 0 Å². The van der Waals surface area contributed by atoms with Crippen molar-refractivity contribution < 1.29 is 22.7 Å². The zero-order valence-electron chi connectivity index (χ0n) is 8.06. The highest BCUT2D eigenvalue weighted by Gasteiger charge is 2.27. The molecule has 0 aromatic carbocycles. The van der Waals surface area contributed by atoms with Crippen LogP contribution in [0.2, 0.25) is 0 Å². The van der Waals surface area contributed by atoms with E-state index in [2.05, 4.69) is 15.4 Å². The number of ether oxygens (including phenoxy) is 1. The van der Waals surface area contributed by atoms with E-state index in [9.17, 15) is 18.0 Å². The molecule has 1 aliphatic rings. The van der Waals surface area contributed by atoms with E-state index in [1.165, 1.54) is 0 Å². The molecule has 0 atom stereocenters. The van der Waals surface area contributed by atoms with Crippen molar-refractivity contribution in [2.75, 3.05) is 26.3 Å². The van der Waals surface area contributed by atoms with Gasteiger partial charge in [-0.15, -0.1) is 0 Å². The molecule has 1 heterocycles. The van der Waals surface area contributed by atoms with Gasteiger partial charge in [0.15, 0.2) is 0 Å². The first-order valence-corrected chi connectivity index (χ1v) is 4.62. The molecule has 0 radical (unpaired) electrons. The summed E-state index contributed by atoms with van der Waals surface area (Å²) in [5.74, 6) is -0.274. The van der Waals surface area contributed by atoms with Gasteiger partial charge in [0, 0.05) is 19.5 Å². The molecular formula is C8H13F3N2O2. The SMILES string of the molecule is O=C(CCOCC(F)(F)F)NC1CNC1. The molecule has 88 valence electrons. The van der Waals surface area contributed by atoms with Crippen molar-refractivity contribution in [3.8, 4) is 0 Å².